The maximum absolute atomic E-state index is 12.9. The van der Waals surface area contributed by atoms with E-state index < -0.39 is 0 Å². The van der Waals surface area contributed by atoms with Crippen molar-refractivity contribution < 1.29 is 9.53 Å². The molecule has 2 aromatic rings. The predicted molar refractivity (Wildman–Crippen MR) is 131 cm³/mol. The van der Waals surface area contributed by atoms with E-state index in [2.05, 4.69) is 73.1 Å². The summed E-state index contributed by atoms with van der Waals surface area (Å²) < 4.78 is 5.16. The number of benzene rings is 1. The first kappa shape index (κ1) is 23.0. The maximum Gasteiger partial charge on any atom is 0.230 e. The van der Waals surface area contributed by atoms with Crippen LogP contribution < -0.4 is 0 Å². The van der Waals surface area contributed by atoms with Crippen LogP contribution in [0.3, 0.4) is 0 Å². The first-order valence-electron chi connectivity index (χ1n) is 12.2. The number of fused-ring (bicyclic) bond motifs is 2. The van der Waals surface area contributed by atoms with Gasteiger partial charge in [0.15, 0.2) is 0 Å². The van der Waals surface area contributed by atoms with Gasteiger partial charge >= 0.3 is 0 Å². The maximum atomic E-state index is 12.9. The minimum absolute atomic E-state index is 0.0445. The van der Waals surface area contributed by atoms with Crippen LogP contribution in [0.15, 0.2) is 30.5 Å². The molecule has 32 heavy (non-hydrogen) atoms. The number of aromatic amines is 1. The molecule has 0 saturated carbocycles. The third-order valence-electron chi connectivity index (χ3n) is 7.21. The van der Waals surface area contributed by atoms with Crippen molar-refractivity contribution in [3.8, 4) is 0 Å². The summed E-state index contributed by atoms with van der Waals surface area (Å²) in [7, 11) is 2.15. The van der Waals surface area contributed by atoms with Gasteiger partial charge in [0, 0.05) is 55.9 Å². The van der Waals surface area contributed by atoms with E-state index in [0.717, 1.165) is 52.4 Å². The summed E-state index contributed by atoms with van der Waals surface area (Å²) in [4.78, 5) is 23.0. The van der Waals surface area contributed by atoms with E-state index in [9.17, 15) is 4.79 Å². The van der Waals surface area contributed by atoms with Crippen LogP contribution in [0.5, 0.6) is 0 Å². The molecule has 1 aromatic heterocycles. The monoisotopic (exact) mass is 438 g/mol. The lowest BCUT2D eigenvalue weighted by Gasteiger charge is -2.40. The highest BCUT2D eigenvalue weighted by molar-refractivity contribution is 5.99. The lowest BCUT2D eigenvalue weighted by Crippen LogP contribution is -2.47. The molecule has 1 N–H and O–H groups in total. The van der Waals surface area contributed by atoms with Crippen molar-refractivity contribution in [1.29, 1.82) is 0 Å². The minimum atomic E-state index is -0.0445. The number of carbonyl (C=O) groups is 1. The zero-order chi connectivity index (χ0) is 22.7. The zero-order valence-corrected chi connectivity index (χ0v) is 20.1. The molecule has 1 aliphatic carbocycles. The normalized spacial score (nSPS) is 23.2. The van der Waals surface area contributed by atoms with Crippen LogP contribution in [0.2, 0.25) is 0 Å². The van der Waals surface area contributed by atoms with Crippen LogP contribution in [-0.2, 0) is 16.0 Å². The van der Waals surface area contributed by atoms with E-state index in [1.165, 1.54) is 34.1 Å². The number of carbonyl (C=O) groups excluding carboxylic acids is 1. The van der Waals surface area contributed by atoms with Crippen LogP contribution in [0.4, 0.5) is 0 Å². The third kappa shape index (κ3) is 4.49. The Labute approximate surface area is 192 Å². The minimum Gasteiger partial charge on any atom is -0.379 e. The van der Waals surface area contributed by atoms with Gasteiger partial charge in [-0.3, -0.25) is 14.6 Å². The highest BCUT2D eigenvalue weighted by Crippen LogP contribution is 2.40. The van der Waals surface area contributed by atoms with Crippen molar-refractivity contribution in [2.75, 3.05) is 59.5 Å². The first-order chi connectivity index (χ1) is 15.6. The molecular weight excluding hydrogens is 400 g/mol. The van der Waals surface area contributed by atoms with Gasteiger partial charge in [-0.25, -0.2) is 0 Å². The lowest BCUT2D eigenvalue weighted by atomic mass is 9.79. The lowest BCUT2D eigenvalue weighted by molar-refractivity contribution is -0.134. The van der Waals surface area contributed by atoms with Gasteiger partial charge in [0.05, 0.1) is 19.1 Å². The molecule has 2 aliphatic heterocycles. The summed E-state index contributed by atoms with van der Waals surface area (Å²) >= 11 is 0. The molecule has 3 heterocycles. The second-order valence-corrected chi connectivity index (χ2v) is 8.99. The largest absolute Gasteiger partial charge is 0.379 e. The molecule has 1 saturated heterocycles. The number of H-pyrrole nitrogens is 1. The Balaban J connectivity index is 0.000000260. The van der Waals surface area contributed by atoms with Crippen LogP contribution in [0.1, 0.15) is 31.9 Å². The van der Waals surface area contributed by atoms with E-state index in [1.807, 2.05) is 4.90 Å². The number of ether oxygens (including phenoxy) is 1. The third-order valence-corrected chi connectivity index (χ3v) is 7.21. The summed E-state index contributed by atoms with van der Waals surface area (Å²) in [5, 5.41) is 1.34. The van der Waals surface area contributed by atoms with Crippen molar-refractivity contribution in [2.24, 2.45) is 5.92 Å². The van der Waals surface area contributed by atoms with Crippen LogP contribution >= 0.6 is 0 Å². The van der Waals surface area contributed by atoms with Crippen LogP contribution in [0, 0.1) is 5.92 Å². The number of morpholine rings is 1. The molecule has 0 bridgehead atoms. The fourth-order valence-electron chi connectivity index (χ4n) is 5.29. The van der Waals surface area contributed by atoms with Crippen LogP contribution in [-0.4, -0.2) is 91.2 Å². The summed E-state index contributed by atoms with van der Waals surface area (Å²) in [5.41, 5.74) is 5.21. The van der Waals surface area contributed by atoms with E-state index in [-0.39, 0.29) is 11.8 Å². The van der Waals surface area contributed by atoms with E-state index in [4.69, 9.17) is 4.74 Å². The number of hydrogen-bond donors (Lipinski definition) is 1. The second-order valence-electron chi connectivity index (χ2n) is 8.99. The Morgan fingerprint density at radius 1 is 1.19 bits per heavy atom. The average molecular weight is 439 g/mol. The molecule has 1 fully saturated rings. The molecule has 0 spiro atoms. The van der Waals surface area contributed by atoms with Gasteiger partial charge in [0.1, 0.15) is 0 Å². The van der Waals surface area contributed by atoms with E-state index in [1.54, 1.807) is 0 Å². The topological polar surface area (TPSA) is 51.8 Å². The van der Waals surface area contributed by atoms with Crippen molar-refractivity contribution in [3.05, 3.63) is 41.6 Å². The standard InChI is InChI=1S/C20H25N3O.C6H13NO/c1-4-23(5-2)20(24)14-9-16-15-7-6-8-17-19(15)13(11-21-17)10-18(16)22(3)12-14;1-2-7-3-5-8-6-4-7/h6-9,11,14,18,21H,4-5,10,12H2,1-3H3;2-6H2,1H3/t14-,18-;/m1./s1. The fourth-order valence-corrected chi connectivity index (χ4v) is 5.29. The van der Waals surface area contributed by atoms with Gasteiger partial charge in [0.2, 0.25) is 5.91 Å². The van der Waals surface area contributed by atoms with Crippen molar-refractivity contribution >= 4 is 22.4 Å². The van der Waals surface area contributed by atoms with Gasteiger partial charge in [-0.05, 0) is 56.6 Å². The number of aromatic nitrogens is 1. The Morgan fingerprint density at radius 3 is 2.59 bits per heavy atom. The highest BCUT2D eigenvalue weighted by Gasteiger charge is 2.36. The molecule has 2 atom stereocenters. The quantitative estimate of drug-likeness (QED) is 0.796. The molecule has 0 unspecified atom stereocenters. The summed E-state index contributed by atoms with van der Waals surface area (Å²) in [6.07, 6.45) is 5.41. The average Bonchev–Trinajstić information content (AvgIpc) is 3.25. The molecule has 1 amide bonds. The van der Waals surface area contributed by atoms with Crippen molar-refractivity contribution in [2.45, 2.75) is 33.2 Å². The van der Waals surface area contributed by atoms with Crippen LogP contribution in [0.25, 0.3) is 16.5 Å². The molecule has 174 valence electrons. The van der Waals surface area contributed by atoms with Gasteiger partial charge in [0.25, 0.3) is 0 Å². The Kier molecular flexibility index (Phi) is 7.33. The molecule has 0 radical (unpaired) electrons. The number of amides is 1. The van der Waals surface area contributed by atoms with E-state index >= 15 is 0 Å². The molecule has 6 heteroatoms. The zero-order valence-electron chi connectivity index (χ0n) is 20.1. The number of rotatable bonds is 4. The summed E-state index contributed by atoms with van der Waals surface area (Å²) in [6.45, 7) is 13.9. The van der Waals surface area contributed by atoms with Crippen molar-refractivity contribution in [1.82, 2.24) is 19.7 Å². The number of nitrogens with zero attached hydrogens (tertiary/aromatic N) is 3. The number of likely N-dealkylation sites (N-methyl/N-ethyl adjacent to an activating group) is 2. The van der Waals surface area contributed by atoms with Gasteiger partial charge in [-0.2, -0.15) is 0 Å². The predicted octanol–water partition coefficient (Wildman–Crippen LogP) is 3.24. The second kappa shape index (κ2) is 10.2. The number of nitrogens with one attached hydrogen (secondary N) is 1. The smallest absolute Gasteiger partial charge is 0.230 e. The first-order valence-corrected chi connectivity index (χ1v) is 12.2. The Bertz CT molecular complexity index is 956. The molecule has 5 rings (SSSR count). The van der Waals surface area contributed by atoms with Gasteiger partial charge in [-0.15, -0.1) is 0 Å². The Morgan fingerprint density at radius 2 is 1.94 bits per heavy atom. The summed E-state index contributed by atoms with van der Waals surface area (Å²) in [6, 6.07) is 6.82. The number of hydrogen-bond acceptors (Lipinski definition) is 4. The fraction of sp³-hybridized carbons (Fsp3) is 0.577. The highest BCUT2D eigenvalue weighted by atomic mass is 16.5. The molecular formula is C26H38N4O2. The van der Waals surface area contributed by atoms with Crippen molar-refractivity contribution in [3.63, 3.8) is 0 Å². The molecule has 3 aliphatic rings. The van der Waals surface area contributed by atoms with Gasteiger partial charge in [-0.1, -0.05) is 25.1 Å². The van der Waals surface area contributed by atoms with E-state index in [0.29, 0.717) is 6.04 Å². The Hall–Kier alpha value is -2.15. The SMILES string of the molecule is CCN(CC)C(=O)[C@@H]1C=C2c3cccc4[nH]cc(c34)C[C@H]2N(C)C1.CCN1CCOCC1. The summed E-state index contributed by atoms with van der Waals surface area (Å²) in [5.74, 6) is 0.210. The molecule has 1 aromatic carbocycles. The van der Waals surface area contributed by atoms with Gasteiger partial charge < -0.3 is 14.6 Å². The molecule has 6 nitrogen and oxygen atoms in total.